The number of benzene rings is 6. The lowest BCUT2D eigenvalue weighted by atomic mass is 9.33. The molecule has 0 amide bonds. The van der Waals surface area contributed by atoms with E-state index in [0.29, 0.717) is 0 Å². The Labute approximate surface area is 292 Å². The molecule has 0 radical (unpaired) electrons. The van der Waals surface area contributed by atoms with Crippen molar-refractivity contribution in [2.75, 3.05) is 4.90 Å². The van der Waals surface area contributed by atoms with Crippen LogP contribution in [0.4, 0.5) is 17.1 Å². The van der Waals surface area contributed by atoms with E-state index < -0.39 is 0 Å². The minimum absolute atomic E-state index is 0.0335. The molecule has 0 bridgehead atoms. The van der Waals surface area contributed by atoms with E-state index in [4.69, 9.17) is 0 Å². The molecule has 0 fully saturated rings. The third-order valence-corrected chi connectivity index (χ3v) is 12.3. The van der Waals surface area contributed by atoms with Crippen LogP contribution < -0.4 is 21.3 Å². The van der Waals surface area contributed by atoms with Crippen LogP contribution in [0, 0.1) is 6.92 Å². The molecule has 4 heterocycles. The predicted molar refractivity (Wildman–Crippen MR) is 215 cm³/mol. The van der Waals surface area contributed by atoms with Crippen LogP contribution in [-0.4, -0.2) is 11.3 Å². The Hall–Kier alpha value is -4.80. The Bertz CT molecular complexity index is 2700. The van der Waals surface area contributed by atoms with Gasteiger partial charge in [-0.15, -0.1) is 11.3 Å². The maximum atomic E-state index is 2.60. The summed E-state index contributed by atoms with van der Waals surface area (Å²) in [7, 11) is 0. The fraction of sp³-hybridized carbons (Fsp3) is 0.200. The van der Waals surface area contributed by atoms with Crippen molar-refractivity contribution < 1.29 is 0 Å². The number of anilines is 3. The van der Waals surface area contributed by atoms with E-state index in [0.717, 1.165) is 0 Å². The van der Waals surface area contributed by atoms with Gasteiger partial charge in [0.05, 0.1) is 5.52 Å². The normalized spacial score (nSPS) is 13.9. The zero-order valence-corrected chi connectivity index (χ0v) is 30.1. The second-order valence-corrected chi connectivity index (χ2v) is 17.4. The molecule has 4 heteroatoms. The minimum Gasteiger partial charge on any atom is -0.311 e. The van der Waals surface area contributed by atoms with Gasteiger partial charge in [0.1, 0.15) is 0 Å². The Morgan fingerprint density at radius 1 is 0.571 bits per heavy atom. The molecule has 0 spiro atoms. The van der Waals surface area contributed by atoms with Crippen LogP contribution in [0.5, 0.6) is 0 Å². The molecule has 0 atom stereocenters. The Kier molecular flexibility index (Phi) is 5.75. The van der Waals surface area contributed by atoms with Crippen LogP contribution in [0.15, 0.2) is 109 Å². The fourth-order valence-corrected chi connectivity index (χ4v) is 9.87. The van der Waals surface area contributed by atoms with Crippen molar-refractivity contribution in [2.24, 2.45) is 0 Å². The molecule has 2 nitrogen and oxygen atoms in total. The van der Waals surface area contributed by atoms with Gasteiger partial charge in [-0.3, -0.25) is 0 Å². The molecule has 0 unspecified atom stereocenters. The molecule has 2 aromatic heterocycles. The first-order chi connectivity index (χ1) is 23.5. The number of fused-ring (bicyclic) bond motifs is 11. The molecule has 2 aliphatic heterocycles. The van der Waals surface area contributed by atoms with Crippen molar-refractivity contribution in [1.29, 1.82) is 0 Å². The van der Waals surface area contributed by atoms with Crippen molar-refractivity contribution >= 4 is 93.5 Å². The molecular formula is C45H39BN2S. The average Bonchev–Trinajstić information content (AvgIpc) is 3.62. The smallest absolute Gasteiger partial charge is 0.252 e. The SMILES string of the molecule is Cc1cc2c3c(c1)-n1c4ccc5sc6ccccc6c5c4c4cccc(c41)B3c1cc(C(C)(C)C)ccc1N2c1ccc(C(C)(C)C)cc1. The highest BCUT2D eigenvalue weighted by Crippen LogP contribution is 2.46. The van der Waals surface area contributed by atoms with Gasteiger partial charge in [0.25, 0.3) is 6.71 Å². The number of aryl methyl sites for hydroxylation is 1. The monoisotopic (exact) mass is 650 g/mol. The molecule has 0 saturated heterocycles. The van der Waals surface area contributed by atoms with Crippen LogP contribution in [0.2, 0.25) is 0 Å². The van der Waals surface area contributed by atoms with E-state index in [2.05, 4.69) is 167 Å². The molecule has 0 saturated carbocycles. The topological polar surface area (TPSA) is 8.17 Å². The number of thiophene rings is 1. The van der Waals surface area contributed by atoms with Gasteiger partial charge in [-0.05, 0) is 99.4 Å². The van der Waals surface area contributed by atoms with Crippen molar-refractivity contribution in [3.8, 4) is 5.69 Å². The number of nitrogens with zero attached hydrogens (tertiary/aromatic N) is 2. The van der Waals surface area contributed by atoms with E-state index in [-0.39, 0.29) is 17.5 Å². The number of rotatable bonds is 1. The van der Waals surface area contributed by atoms with Crippen LogP contribution >= 0.6 is 11.3 Å². The summed E-state index contributed by atoms with van der Waals surface area (Å²) in [6.07, 6.45) is 0. The summed E-state index contributed by atoms with van der Waals surface area (Å²) in [5.74, 6) is 0. The third kappa shape index (κ3) is 3.95. The van der Waals surface area contributed by atoms with E-state index in [9.17, 15) is 0 Å². The van der Waals surface area contributed by atoms with Crippen LogP contribution in [0.1, 0.15) is 58.2 Å². The summed E-state index contributed by atoms with van der Waals surface area (Å²) in [6, 6.07) is 42.2. The summed E-state index contributed by atoms with van der Waals surface area (Å²) in [4.78, 5) is 2.54. The van der Waals surface area contributed by atoms with Crippen LogP contribution in [-0.2, 0) is 10.8 Å². The lowest BCUT2D eigenvalue weighted by Crippen LogP contribution is -2.60. The number of hydrogen-bond acceptors (Lipinski definition) is 2. The molecule has 49 heavy (non-hydrogen) atoms. The van der Waals surface area contributed by atoms with E-state index in [1.54, 1.807) is 0 Å². The van der Waals surface area contributed by atoms with Crippen molar-refractivity contribution in [3.63, 3.8) is 0 Å². The first-order valence-electron chi connectivity index (χ1n) is 17.6. The number of aromatic nitrogens is 1. The lowest BCUT2D eigenvalue weighted by molar-refractivity contribution is 0.590. The molecule has 238 valence electrons. The third-order valence-electron chi connectivity index (χ3n) is 11.1. The zero-order chi connectivity index (χ0) is 33.6. The maximum Gasteiger partial charge on any atom is 0.252 e. The van der Waals surface area contributed by atoms with Gasteiger partial charge in [0, 0.05) is 59.2 Å². The summed E-state index contributed by atoms with van der Waals surface area (Å²) in [5, 5.41) is 5.47. The molecular weight excluding hydrogens is 611 g/mol. The van der Waals surface area contributed by atoms with Crippen LogP contribution in [0.3, 0.4) is 0 Å². The van der Waals surface area contributed by atoms with Crippen molar-refractivity contribution in [1.82, 2.24) is 4.57 Å². The predicted octanol–water partition coefficient (Wildman–Crippen LogP) is 10.7. The highest BCUT2D eigenvalue weighted by atomic mass is 32.1. The van der Waals surface area contributed by atoms with Gasteiger partial charge in [-0.2, -0.15) is 0 Å². The van der Waals surface area contributed by atoms with Crippen LogP contribution in [0.25, 0.3) is 47.7 Å². The largest absolute Gasteiger partial charge is 0.311 e. The number of hydrogen-bond donors (Lipinski definition) is 0. The quantitative estimate of drug-likeness (QED) is 0.161. The van der Waals surface area contributed by atoms with Gasteiger partial charge < -0.3 is 9.47 Å². The summed E-state index contributed by atoms with van der Waals surface area (Å²) < 4.78 is 5.31. The first-order valence-corrected chi connectivity index (χ1v) is 18.4. The summed E-state index contributed by atoms with van der Waals surface area (Å²) in [5.41, 5.74) is 16.0. The van der Waals surface area contributed by atoms with Crippen molar-refractivity contribution in [3.05, 3.63) is 126 Å². The first kappa shape index (κ1) is 29.1. The highest BCUT2D eigenvalue weighted by molar-refractivity contribution is 7.26. The molecule has 10 rings (SSSR count). The second-order valence-electron chi connectivity index (χ2n) is 16.3. The van der Waals surface area contributed by atoms with Gasteiger partial charge in [-0.25, -0.2) is 0 Å². The zero-order valence-electron chi connectivity index (χ0n) is 29.3. The average molecular weight is 651 g/mol. The fourth-order valence-electron chi connectivity index (χ4n) is 8.76. The minimum atomic E-state index is 0.0335. The molecule has 0 N–H and O–H groups in total. The Morgan fingerprint density at radius 2 is 1.29 bits per heavy atom. The molecule has 6 aromatic carbocycles. The standard InChI is InChI=1S/C45H39BN2S/c1-26-23-36-42-37(24-26)48-35-21-22-39-41(30-11-8-9-14-38(30)49-39)40(35)31-12-10-13-32(43(31)48)46(42)33-25-28(45(5,6)7)17-20-34(33)47(36)29-18-15-27(16-19-29)44(2,3)4/h8-25H,1-7H3. The molecule has 0 aliphatic carbocycles. The summed E-state index contributed by atoms with van der Waals surface area (Å²) >= 11 is 1.91. The van der Waals surface area contributed by atoms with E-state index in [1.807, 2.05) is 11.3 Å². The van der Waals surface area contributed by atoms with Crippen molar-refractivity contribution in [2.45, 2.75) is 59.3 Å². The number of para-hydroxylation sites is 1. The van der Waals surface area contributed by atoms with Gasteiger partial charge in [0.15, 0.2) is 0 Å². The molecule has 2 aliphatic rings. The maximum absolute atomic E-state index is 2.60. The van der Waals surface area contributed by atoms with Gasteiger partial charge in [0.2, 0.25) is 0 Å². The Balaban J connectivity index is 1.35. The van der Waals surface area contributed by atoms with Gasteiger partial charge in [-0.1, -0.05) is 102 Å². The summed E-state index contributed by atoms with van der Waals surface area (Å²) in [6.45, 7) is 16.3. The second kappa shape index (κ2) is 9.67. The Morgan fingerprint density at radius 3 is 2.06 bits per heavy atom. The lowest BCUT2D eigenvalue weighted by Gasteiger charge is -2.41. The molecule has 8 aromatic rings. The van der Waals surface area contributed by atoms with Gasteiger partial charge >= 0.3 is 0 Å². The van der Waals surface area contributed by atoms with E-state index in [1.165, 1.54) is 97.8 Å². The highest BCUT2D eigenvalue weighted by Gasteiger charge is 2.42. The van der Waals surface area contributed by atoms with E-state index >= 15 is 0 Å².